The third-order valence-corrected chi connectivity index (χ3v) is 2.67. The number of aromatic hydroxyl groups is 1. The van der Waals surface area contributed by atoms with Gasteiger partial charge in [0.2, 0.25) is 0 Å². The molecule has 0 saturated heterocycles. The Morgan fingerprint density at radius 2 is 2.40 bits per heavy atom. The number of aromatic nitrogens is 2. The molecule has 0 aliphatic rings. The van der Waals surface area contributed by atoms with Crippen LogP contribution in [-0.4, -0.2) is 27.7 Å². The fraction of sp³-hybridized carbons (Fsp3) is 0.222. The van der Waals surface area contributed by atoms with E-state index < -0.39 is 5.97 Å². The Morgan fingerprint density at radius 1 is 1.60 bits per heavy atom. The van der Waals surface area contributed by atoms with Gasteiger partial charge >= 0.3 is 5.97 Å². The minimum absolute atomic E-state index is 0.0615. The molecule has 0 saturated carbocycles. The number of esters is 1. The van der Waals surface area contributed by atoms with Crippen LogP contribution in [0.15, 0.2) is 11.7 Å². The van der Waals surface area contributed by atoms with Gasteiger partial charge in [-0.05, 0) is 6.92 Å². The second-order valence-corrected chi connectivity index (χ2v) is 3.60. The van der Waals surface area contributed by atoms with Crippen molar-refractivity contribution in [2.24, 2.45) is 0 Å². The fourth-order valence-corrected chi connectivity index (χ4v) is 1.87. The van der Waals surface area contributed by atoms with Gasteiger partial charge in [0, 0.05) is 0 Å². The molecule has 5 nitrogen and oxygen atoms in total. The molecule has 0 atom stereocenters. The van der Waals surface area contributed by atoms with Crippen molar-refractivity contribution in [2.75, 3.05) is 6.61 Å². The van der Waals surface area contributed by atoms with Crippen molar-refractivity contribution < 1.29 is 14.6 Å². The third kappa shape index (κ3) is 1.63. The van der Waals surface area contributed by atoms with E-state index in [4.69, 9.17) is 4.74 Å². The van der Waals surface area contributed by atoms with Crippen LogP contribution in [0.2, 0.25) is 0 Å². The van der Waals surface area contributed by atoms with Crippen molar-refractivity contribution in [3.05, 3.63) is 17.4 Å². The van der Waals surface area contributed by atoms with Crippen molar-refractivity contribution in [2.45, 2.75) is 6.92 Å². The van der Waals surface area contributed by atoms with Gasteiger partial charge in [-0.2, -0.15) is 0 Å². The summed E-state index contributed by atoms with van der Waals surface area (Å²) in [4.78, 5) is 19.2. The highest BCUT2D eigenvalue weighted by Gasteiger charge is 2.17. The van der Waals surface area contributed by atoms with E-state index in [1.165, 1.54) is 17.5 Å². The summed E-state index contributed by atoms with van der Waals surface area (Å²) in [6.45, 7) is 1.95. The first-order valence-electron chi connectivity index (χ1n) is 4.32. The largest absolute Gasteiger partial charge is 0.504 e. The molecule has 0 bridgehead atoms. The van der Waals surface area contributed by atoms with Gasteiger partial charge in [0.05, 0.1) is 18.3 Å². The molecule has 78 valence electrons. The average molecular weight is 224 g/mol. The maximum Gasteiger partial charge on any atom is 0.360 e. The number of carbonyl (C=O) groups is 1. The molecule has 2 aromatic heterocycles. The van der Waals surface area contributed by atoms with Gasteiger partial charge in [0.25, 0.3) is 0 Å². The Morgan fingerprint density at radius 3 is 3.13 bits per heavy atom. The van der Waals surface area contributed by atoms with Gasteiger partial charge in [0.1, 0.15) is 10.2 Å². The predicted octanol–water partition coefficient (Wildman–Crippen LogP) is 1.57. The predicted molar refractivity (Wildman–Crippen MR) is 55.0 cm³/mol. The van der Waals surface area contributed by atoms with Crippen LogP contribution in [0.3, 0.4) is 0 Å². The van der Waals surface area contributed by atoms with E-state index in [0.29, 0.717) is 10.2 Å². The average Bonchev–Trinajstić information content (AvgIpc) is 2.67. The molecule has 15 heavy (non-hydrogen) atoms. The molecular formula is C9H8N2O3S. The van der Waals surface area contributed by atoms with Crippen LogP contribution in [-0.2, 0) is 4.74 Å². The van der Waals surface area contributed by atoms with E-state index in [-0.39, 0.29) is 18.1 Å². The topological polar surface area (TPSA) is 72.3 Å². The van der Waals surface area contributed by atoms with Crippen LogP contribution in [0, 0.1) is 0 Å². The number of hydrogen-bond acceptors (Lipinski definition) is 6. The molecule has 0 aromatic carbocycles. The number of ether oxygens (including phenoxy) is 1. The van der Waals surface area contributed by atoms with Crippen LogP contribution in [0.25, 0.3) is 10.2 Å². The van der Waals surface area contributed by atoms with Gasteiger partial charge in [-0.25, -0.2) is 14.8 Å². The maximum absolute atomic E-state index is 11.4. The lowest BCUT2D eigenvalue weighted by atomic mass is 10.3. The van der Waals surface area contributed by atoms with E-state index in [0.717, 1.165) is 0 Å². The second-order valence-electron chi connectivity index (χ2n) is 2.74. The Kier molecular flexibility index (Phi) is 2.51. The molecule has 1 N–H and O–H groups in total. The number of fused-ring (bicyclic) bond motifs is 1. The van der Waals surface area contributed by atoms with Gasteiger partial charge in [0.15, 0.2) is 11.4 Å². The Balaban J connectivity index is 2.52. The first-order valence-corrected chi connectivity index (χ1v) is 5.20. The summed E-state index contributed by atoms with van der Waals surface area (Å²) >= 11 is 1.25. The fourth-order valence-electron chi connectivity index (χ4n) is 1.17. The maximum atomic E-state index is 11.4. The Hall–Kier alpha value is -1.69. The second kappa shape index (κ2) is 3.82. The smallest absolute Gasteiger partial charge is 0.360 e. The van der Waals surface area contributed by atoms with Gasteiger partial charge in [-0.15, -0.1) is 11.3 Å². The van der Waals surface area contributed by atoms with Crippen LogP contribution < -0.4 is 0 Å². The lowest BCUT2D eigenvalue weighted by molar-refractivity contribution is 0.0516. The molecule has 0 aliphatic carbocycles. The lowest BCUT2D eigenvalue weighted by Gasteiger charge is -2.02. The standard InChI is InChI=1S/C9H8N2O3S/c1-2-14-9(13)6-7(12)8-5(3-10-6)11-4-15-8/h3-4,12H,2H2,1H3. The van der Waals surface area contributed by atoms with Crippen molar-refractivity contribution in [3.63, 3.8) is 0 Å². The minimum Gasteiger partial charge on any atom is -0.504 e. The summed E-state index contributed by atoms with van der Waals surface area (Å²) < 4.78 is 5.31. The number of nitrogens with zero attached hydrogens (tertiary/aromatic N) is 2. The van der Waals surface area contributed by atoms with Crippen LogP contribution in [0.1, 0.15) is 17.4 Å². The summed E-state index contributed by atoms with van der Waals surface area (Å²) in [5.41, 5.74) is 2.10. The molecule has 0 aliphatic heterocycles. The van der Waals surface area contributed by atoms with Crippen LogP contribution in [0.5, 0.6) is 5.75 Å². The number of thiazole rings is 1. The molecule has 2 heterocycles. The molecule has 2 rings (SSSR count). The Labute approximate surface area is 89.4 Å². The van der Waals surface area contributed by atoms with E-state index in [1.807, 2.05) is 0 Å². The van der Waals surface area contributed by atoms with Crippen LogP contribution in [0.4, 0.5) is 0 Å². The first kappa shape index (κ1) is 9.85. The molecule has 0 amide bonds. The van der Waals surface area contributed by atoms with Gasteiger partial charge in [-0.3, -0.25) is 0 Å². The first-order chi connectivity index (χ1) is 7.24. The molecule has 0 fully saturated rings. The van der Waals surface area contributed by atoms with Crippen molar-refractivity contribution >= 4 is 27.5 Å². The summed E-state index contributed by atoms with van der Waals surface area (Å²) in [5, 5.41) is 9.74. The van der Waals surface area contributed by atoms with E-state index >= 15 is 0 Å². The van der Waals surface area contributed by atoms with Crippen molar-refractivity contribution in [1.29, 1.82) is 0 Å². The monoisotopic (exact) mass is 224 g/mol. The molecule has 0 unspecified atom stereocenters. The summed E-state index contributed by atoms with van der Waals surface area (Å²) in [5.74, 6) is -0.779. The Bertz CT molecular complexity index is 509. The SMILES string of the molecule is CCOC(=O)c1ncc2ncsc2c1O. The summed E-state index contributed by atoms with van der Waals surface area (Å²) in [7, 11) is 0. The van der Waals surface area contributed by atoms with Crippen molar-refractivity contribution in [1.82, 2.24) is 9.97 Å². The van der Waals surface area contributed by atoms with Gasteiger partial charge in [-0.1, -0.05) is 0 Å². The van der Waals surface area contributed by atoms with Crippen molar-refractivity contribution in [3.8, 4) is 5.75 Å². The molecule has 0 spiro atoms. The highest BCUT2D eigenvalue weighted by atomic mass is 32.1. The third-order valence-electron chi connectivity index (χ3n) is 1.82. The number of rotatable bonds is 2. The quantitative estimate of drug-likeness (QED) is 0.784. The molecule has 0 radical (unpaired) electrons. The number of carbonyl (C=O) groups excluding carboxylic acids is 1. The van der Waals surface area contributed by atoms with E-state index in [2.05, 4.69) is 9.97 Å². The lowest BCUT2D eigenvalue weighted by Crippen LogP contribution is -2.07. The molecule has 6 heteroatoms. The summed E-state index contributed by atoms with van der Waals surface area (Å²) in [6, 6.07) is 0. The zero-order valence-corrected chi connectivity index (χ0v) is 8.74. The number of hydrogen-bond donors (Lipinski definition) is 1. The van der Waals surface area contributed by atoms with Gasteiger partial charge < -0.3 is 9.84 Å². The highest BCUT2D eigenvalue weighted by Crippen LogP contribution is 2.29. The molecular weight excluding hydrogens is 216 g/mol. The zero-order chi connectivity index (χ0) is 10.8. The molecule has 2 aromatic rings. The number of pyridine rings is 1. The highest BCUT2D eigenvalue weighted by molar-refractivity contribution is 7.17. The minimum atomic E-state index is -0.620. The van der Waals surface area contributed by atoms with E-state index in [1.54, 1.807) is 12.4 Å². The zero-order valence-electron chi connectivity index (χ0n) is 7.93. The normalized spacial score (nSPS) is 10.5. The van der Waals surface area contributed by atoms with Crippen LogP contribution >= 0.6 is 11.3 Å². The summed E-state index contributed by atoms with van der Waals surface area (Å²) in [6.07, 6.45) is 1.44. The van der Waals surface area contributed by atoms with E-state index in [9.17, 15) is 9.90 Å².